The Balaban J connectivity index is 1.68. The molecule has 0 bridgehead atoms. The molecule has 46 heavy (non-hydrogen) atoms. The molecule has 0 saturated heterocycles. The van der Waals surface area contributed by atoms with E-state index in [1.807, 2.05) is 44.2 Å². The van der Waals surface area contributed by atoms with Crippen molar-refractivity contribution in [3.63, 3.8) is 0 Å². The van der Waals surface area contributed by atoms with Gasteiger partial charge in [-0.1, -0.05) is 35.9 Å². The Bertz CT molecular complexity index is 1890. The minimum absolute atomic E-state index is 0.233. The first kappa shape index (κ1) is 31.6. The zero-order chi connectivity index (χ0) is 33.0. The van der Waals surface area contributed by atoms with Crippen LogP contribution in [-0.2, 0) is 4.79 Å². The number of carbonyl (C=O) groups excluding carboxylic acids is 2. The Hall–Kier alpha value is -5.77. The van der Waals surface area contributed by atoms with E-state index in [1.54, 1.807) is 74.5 Å². The maximum absolute atomic E-state index is 13.0. The largest absolute Gasteiger partial charge is 0.497 e. The van der Waals surface area contributed by atoms with Crippen molar-refractivity contribution in [3.05, 3.63) is 95.6 Å². The number of hydrogen-bond acceptors (Lipinski definition) is 8. The second kappa shape index (κ2) is 13.5. The van der Waals surface area contributed by atoms with Gasteiger partial charge in [0.1, 0.15) is 11.4 Å². The van der Waals surface area contributed by atoms with Gasteiger partial charge in [-0.15, -0.1) is 0 Å². The van der Waals surface area contributed by atoms with Crippen molar-refractivity contribution in [2.75, 3.05) is 33.8 Å². The van der Waals surface area contributed by atoms with Gasteiger partial charge in [-0.3, -0.25) is 9.59 Å². The van der Waals surface area contributed by atoms with Crippen molar-refractivity contribution in [1.82, 2.24) is 9.78 Å². The molecule has 0 fully saturated rings. The fourth-order valence-corrected chi connectivity index (χ4v) is 5.21. The molecule has 0 unspecified atom stereocenters. The molecule has 0 radical (unpaired) electrons. The van der Waals surface area contributed by atoms with Crippen LogP contribution in [0.3, 0.4) is 0 Å². The predicted molar refractivity (Wildman–Crippen MR) is 176 cm³/mol. The van der Waals surface area contributed by atoms with Gasteiger partial charge in [0, 0.05) is 23.7 Å². The van der Waals surface area contributed by atoms with Crippen LogP contribution in [0.1, 0.15) is 28.4 Å². The van der Waals surface area contributed by atoms with Gasteiger partial charge in [0.05, 0.1) is 39.7 Å². The molecule has 5 aromatic rings. The third-order valence-electron chi connectivity index (χ3n) is 7.37. The van der Waals surface area contributed by atoms with Gasteiger partial charge in [-0.05, 0) is 73.5 Å². The number of methoxy groups -OCH3 is 4. The Morgan fingerprint density at radius 2 is 1.46 bits per heavy atom. The maximum atomic E-state index is 13.0. The van der Waals surface area contributed by atoms with Gasteiger partial charge in [-0.25, -0.2) is 0 Å². The van der Waals surface area contributed by atoms with Crippen LogP contribution in [0, 0.1) is 13.8 Å². The molecule has 1 N–H and O–H groups in total. The molecule has 0 saturated carbocycles. The van der Waals surface area contributed by atoms with Gasteiger partial charge in [-0.2, -0.15) is 9.78 Å². The lowest BCUT2D eigenvalue weighted by Gasteiger charge is -2.14. The summed E-state index contributed by atoms with van der Waals surface area (Å²) >= 11 is 0. The summed E-state index contributed by atoms with van der Waals surface area (Å²) < 4.78 is 29.6. The summed E-state index contributed by atoms with van der Waals surface area (Å²) in [6.07, 6.45) is 0. The van der Waals surface area contributed by atoms with Crippen LogP contribution in [0.5, 0.6) is 28.9 Å². The fourth-order valence-electron chi connectivity index (χ4n) is 5.21. The molecule has 0 spiro atoms. The molecule has 10 heteroatoms. The standard InChI is InChI=1S/C36H35N3O7/c1-21-11-16-29(22(2)17-21)39-36(46-23(3)40)32(33(38-39)26-19-30(43-5)34(45-7)31(20-26)44-6)24-12-14-27(15-13-24)37-35(41)25-9-8-10-28(18-25)42-4/h8-20H,1-7H3,(H,37,41). The van der Waals surface area contributed by atoms with Gasteiger partial charge >= 0.3 is 5.97 Å². The lowest BCUT2D eigenvalue weighted by Crippen LogP contribution is -2.11. The van der Waals surface area contributed by atoms with Crippen molar-refractivity contribution < 1.29 is 33.3 Å². The van der Waals surface area contributed by atoms with Crippen LogP contribution in [0.25, 0.3) is 28.1 Å². The highest BCUT2D eigenvalue weighted by molar-refractivity contribution is 6.04. The number of hydrogen-bond donors (Lipinski definition) is 1. The first-order valence-electron chi connectivity index (χ1n) is 14.4. The first-order chi connectivity index (χ1) is 22.2. The van der Waals surface area contributed by atoms with E-state index in [0.717, 1.165) is 16.8 Å². The van der Waals surface area contributed by atoms with E-state index in [9.17, 15) is 9.59 Å². The van der Waals surface area contributed by atoms with Crippen LogP contribution >= 0.6 is 0 Å². The number of aryl methyl sites for hydroxylation is 2. The minimum atomic E-state index is -0.509. The molecular formula is C36H35N3O7. The number of nitrogens with one attached hydrogen (secondary N) is 1. The molecule has 10 nitrogen and oxygen atoms in total. The van der Waals surface area contributed by atoms with Gasteiger partial charge in [0.15, 0.2) is 11.5 Å². The van der Waals surface area contributed by atoms with Crippen LogP contribution in [0.2, 0.25) is 0 Å². The topological polar surface area (TPSA) is 110 Å². The number of rotatable bonds is 10. The van der Waals surface area contributed by atoms with E-state index in [2.05, 4.69) is 5.32 Å². The number of nitrogens with zero attached hydrogens (tertiary/aromatic N) is 2. The van der Waals surface area contributed by atoms with Crippen molar-refractivity contribution in [3.8, 4) is 56.9 Å². The van der Waals surface area contributed by atoms with Crippen LogP contribution in [0.15, 0.2) is 78.9 Å². The highest BCUT2D eigenvalue weighted by atomic mass is 16.5. The molecule has 1 amide bonds. The molecule has 0 atom stereocenters. The predicted octanol–water partition coefficient (Wildman–Crippen LogP) is 7.04. The van der Waals surface area contributed by atoms with E-state index < -0.39 is 5.97 Å². The second-order valence-corrected chi connectivity index (χ2v) is 10.5. The van der Waals surface area contributed by atoms with E-state index in [-0.39, 0.29) is 11.8 Å². The maximum Gasteiger partial charge on any atom is 0.309 e. The molecule has 5 rings (SSSR count). The zero-order valence-corrected chi connectivity index (χ0v) is 26.8. The summed E-state index contributed by atoms with van der Waals surface area (Å²) in [6.45, 7) is 5.33. The van der Waals surface area contributed by atoms with Gasteiger partial charge in [0.2, 0.25) is 11.6 Å². The SMILES string of the molecule is COc1cccc(C(=O)Nc2ccc(-c3c(-c4cc(OC)c(OC)c(OC)c4)nn(-c4ccc(C)cc4C)c3OC(C)=O)cc2)c1. The van der Waals surface area contributed by atoms with Crippen molar-refractivity contribution in [2.45, 2.75) is 20.8 Å². The lowest BCUT2D eigenvalue weighted by atomic mass is 10.00. The van der Waals surface area contributed by atoms with Crippen LogP contribution < -0.4 is 29.0 Å². The molecule has 0 aliphatic carbocycles. The molecule has 0 aliphatic heterocycles. The molecule has 0 aliphatic rings. The van der Waals surface area contributed by atoms with Crippen LogP contribution in [-0.4, -0.2) is 50.1 Å². The van der Waals surface area contributed by atoms with Crippen molar-refractivity contribution >= 4 is 17.6 Å². The quantitative estimate of drug-likeness (QED) is 0.166. The van der Waals surface area contributed by atoms with E-state index >= 15 is 0 Å². The number of anilines is 1. The summed E-state index contributed by atoms with van der Waals surface area (Å²) in [5.74, 6) is 1.33. The number of aromatic nitrogens is 2. The van der Waals surface area contributed by atoms with Gasteiger partial charge < -0.3 is 29.0 Å². The number of carbonyl (C=O) groups is 2. The molecular weight excluding hydrogens is 586 g/mol. The van der Waals surface area contributed by atoms with Crippen molar-refractivity contribution in [1.29, 1.82) is 0 Å². The number of amides is 1. The number of esters is 1. The molecule has 4 aromatic carbocycles. The average molecular weight is 622 g/mol. The van der Waals surface area contributed by atoms with E-state index in [4.69, 9.17) is 28.8 Å². The summed E-state index contributed by atoms with van der Waals surface area (Å²) in [5.41, 5.74) is 6.17. The second-order valence-electron chi connectivity index (χ2n) is 10.5. The molecule has 1 aromatic heterocycles. The average Bonchev–Trinajstić information content (AvgIpc) is 3.42. The third kappa shape index (κ3) is 6.37. The Morgan fingerprint density at radius 1 is 0.761 bits per heavy atom. The molecule has 1 heterocycles. The smallest absolute Gasteiger partial charge is 0.309 e. The highest BCUT2D eigenvalue weighted by Crippen LogP contribution is 2.46. The normalized spacial score (nSPS) is 10.7. The highest BCUT2D eigenvalue weighted by Gasteiger charge is 2.27. The van der Waals surface area contributed by atoms with Crippen LogP contribution in [0.4, 0.5) is 5.69 Å². The molecule has 236 valence electrons. The van der Waals surface area contributed by atoms with Gasteiger partial charge in [0.25, 0.3) is 5.91 Å². The van der Waals surface area contributed by atoms with E-state index in [1.165, 1.54) is 14.0 Å². The third-order valence-corrected chi connectivity index (χ3v) is 7.37. The monoisotopic (exact) mass is 621 g/mol. The fraction of sp³-hybridized carbons (Fsp3) is 0.194. The van der Waals surface area contributed by atoms with E-state index in [0.29, 0.717) is 56.6 Å². The minimum Gasteiger partial charge on any atom is -0.497 e. The summed E-state index contributed by atoms with van der Waals surface area (Å²) in [6, 6.07) is 23.6. The summed E-state index contributed by atoms with van der Waals surface area (Å²) in [4.78, 5) is 25.5. The zero-order valence-electron chi connectivity index (χ0n) is 26.8. The lowest BCUT2D eigenvalue weighted by molar-refractivity contribution is -0.132. The summed E-state index contributed by atoms with van der Waals surface area (Å²) in [5, 5.41) is 7.93. The Morgan fingerprint density at radius 3 is 2.04 bits per heavy atom. The summed E-state index contributed by atoms with van der Waals surface area (Å²) in [7, 11) is 6.17. The number of ether oxygens (including phenoxy) is 5. The van der Waals surface area contributed by atoms with Crippen molar-refractivity contribution in [2.24, 2.45) is 0 Å². The first-order valence-corrected chi connectivity index (χ1v) is 14.4. The Labute approximate surface area is 267 Å². The number of benzene rings is 4. The Kier molecular flexibility index (Phi) is 9.27.